The molecule has 0 unspecified atom stereocenters. The molecule has 0 aliphatic heterocycles. The molecule has 2 aromatic carbocycles. The van der Waals surface area contributed by atoms with Gasteiger partial charge in [-0.25, -0.2) is 5.43 Å². The van der Waals surface area contributed by atoms with E-state index < -0.39 is 11.9 Å². The molecule has 0 heterocycles. The number of rotatable bonds is 8. The first-order chi connectivity index (χ1) is 12.5. The van der Waals surface area contributed by atoms with Crippen molar-refractivity contribution in [1.29, 1.82) is 0 Å². The molecule has 0 aromatic heterocycles. The van der Waals surface area contributed by atoms with Gasteiger partial charge in [0.05, 0.1) is 18.7 Å². The number of hydrazone groups is 1. The third-order valence-corrected chi connectivity index (χ3v) is 3.48. The third-order valence-electron chi connectivity index (χ3n) is 3.48. The van der Waals surface area contributed by atoms with E-state index in [1.54, 1.807) is 0 Å². The zero-order valence-electron chi connectivity index (χ0n) is 14.0. The number of hydrogen-bond acceptors (Lipinski definition) is 5. The summed E-state index contributed by atoms with van der Waals surface area (Å²) in [5.41, 5.74) is 4.01. The Morgan fingerprint density at radius 3 is 2.31 bits per heavy atom. The number of nitrogens with zero attached hydrogens (tertiary/aromatic N) is 1. The highest BCUT2D eigenvalue weighted by Crippen LogP contribution is 2.02. The Morgan fingerprint density at radius 1 is 0.962 bits per heavy atom. The van der Waals surface area contributed by atoms with Gasteiger partial charge in [0, 0.05) is 6.42 Å². The quantitative estimate of drug-likeness (QED) is 0.524. The van der Waals surface area contributed by atoms with E-state index in [0.29, 0.717) is 18.4 Å². The van der Waals surface area contributed by atoms with Gasteiger partial charge in [0.15, 0.2) is 0 Å². The van der Waals surface area contributed by atoms with Gasteiger partial charge in [0.25, 0.3) is 5.91 Å². The van der Waals surface area contributed by atoms with Crippen LogP contribution >= 0.6 is 0 Å². The summed E-state index contributed by atoms with van der Waals surface area (Å²) in [4.78, 5) is 34.0. The van der Waals surface area contributed by atoms with Crippen LogP contribution in [0.3, 0.4) is 0 Å². The van der Waals surface area contributed by atoms with E-state index in [1.807, 2.05) is 30.3 Å². The third kappa shape index (κ3) is 6.56. The molecule has 2 N–H and O–H groups in total. The first kappa shape index (κ1) is 18.9. The molecule has 0 bridgehead atoms. The highest BCUT2D eigenvalue weighted by molar-refractivity contribution is 5.88. The van der Waals surface area contributed by atoms with E-state index in [0.717, 1.165) is 5.56 Å². The zero-order chi connectivity index (χ0) is 18.8. The van der Waals surface area contributed by atoms with Crippen LogP contribution in [0.25, 0.3) is 0 Å². The minimum absolute atomic E-state index is 0.0596. The Balaban J connectivity index is 1.68. The Hall–Kier alpha value is -3.48. The Kier molecular flexibility index (Phi) is 7.05. The molecule has 0 atom stereocenters. The second-order valence-electron chi connectivity index (χ2n) is 5.46. The lowest BCUT2D eigenvalue weighted by atomic mass is 10.1. The summed E-state index contributed by atoms with van der Waals surface area (Å²) in [6.45, 7) is -0.172. The summed E-state index contributed by atoms with van der Waals surface area (Å²) in [6.07, 6.45) is 2.27. The fourth-order valence-corrected chi connectivity index (χ4v) is 2.09. The van der Waals surface area contributed by atoms with Gasteiger partial charge in [-0.2, -0.15) is 5.10 Å². The Bertz CT molecular complexity index is 786. The topological polar surface area (TPSA) is 111 Å². The fourth-order valence-electron chi connectivity index (χ4n) is 2.09. The number of carbonyl (C=O) groups is 3. The van der Waals surface area contributed by atoms with Gasteiger partial charge in [-0.05, 0) is 23.1 Å². The van der Waals surface area contributed by atoms with Crippen molar-refractivity contribution < 1.29 is 19.5 Å². The van der Waals surface area contributed by atoms with Crippen molar-refractivity contribution >= 4 is 24.0 Å². The first-order valence-corrected chi connectivity index (χ1v) is 7.98. The average molecular weight is 352 g/mol. The number of carbonyl (C=O) groups excluding carboxylic acids is 3. The van der Waals surface area contributed by atoms with Gasteiger partial charge in [-0.1, -0.05) is 54.6 Å². The van der Waals surface area contributed by atoms with Crippen LogP contribution in [0.2, 0.25) is 0 Å². The summed E-state index contributed by atoms with van der Waals surface area (Å²) in [6, 6.07) is 15.4. The maximum absolute atomic E-state index is 11.7. The van der Waals surface area contributed by atoms with Gasteiger partial charge < -0.3 is 15.2 Å². The molecule has 2 amide bonds. The van der Waals surface area contributed by atoms with Gasteiger partial charge in [-0.3, -0.25) is 9.59 Å². The number of carboxylic acids is 1. The number of amides is 2. The molecule has 0 fully saturated rings. The smallest absolute Gasteiger partial charge is 0.259 e. The van der Waals surface area contributed by atoms with Crippen LogP contribution < -0.4 is 15.8 Å². The van der Waals surface area contributed by atoms with Crippen molar-refractivity contribution in [3.8, 4) is 0 Å². The second kappa shape index (κ2) is 9.73. The van der Waals surface area contributed by atoms with Gasteiger partial charge in [-0.15, -0.1) is 0 Å². The lowest BCUT2D eigenvalue weighted by Crippen LogP contribution is -2.35. The minimum Gasteiger partial charge on any atom is -0.545 e. The van der Waals surface area contributed by atoms with Gasteiger partial charge in [0.2, 0.25) is 5.91 Å². The number of nitrogens with one attached hydrogen (secondary N) is 2. The largest absolute Gasteiger partial charge is 0.545 e. The Labute approximate surface area is 150 Å². The number of hydrogen-bond donors (Lipinski definition) is 2. The number of benzene rings is 2. The van der Waals surface area contributed by atoms with Crippen molar-refractivity contribution in [2.45, 2.75) is 12.8 Å². The van der Waals surface area contributed by atoms with Crippen LogP contribution in [-0.4, -0.2) is 30.5 Å². The minimum atomic E-state index is -1.26. The molecule has 0 aliphatic carbocycles. The summed E-state index contributed by atoms with van der Waals surface area (Å²) in [5.74, 6) is -1.93. The molecule has 0 aliphatic rings. The molecule has 0 spiro atoms. The summed E-state index contributed by atoms with van der Waals surface area (Å²) >= 11 is 0. The second-order valence-corrected chi connectivity index (χ2v) is 5.46. The lowest BCUT2D eigenvalue weighted by molar-refractivity contribution is -0.255. The van der Waals surface area contributed by atoms with E-state index in [-0.39, 0.29) is 18.0 Å². The molecule has 134 valence electrons. The van der Waals surface area contributed by atoms with Crippen LogP contribution in [0.5, 0.6) is 0 Å². The van der Waals surface area contributed by atoms with Crippen LogP contribution in [0.1, 0.15) is 27.9 Å². The van der Waals surface area contributed by atoms with E-state index in [4.69, 9.17) is 0 Å². The molecule has 0 saturated carbocycles. The molecule has 26 heavy (non-hydrogen) atoms. The van der Waals surface area contributed by atoms with Crippen LogP contribution in [-0.2, 0) is 16.0 Å². The molecule has 2 rings (SSSR count). The SMILES string of the molecule is O=C(CCc1ccccc1)NCC(=O)NN=Cc1ccc(C(=O)[O-])cc1. The lowest BCUT2D eigenvalue weighted by Gasteiger charge is -2.04. The predicted octanol–water partition coefficient (Wildman–Crippen LogP) is 0.249. The van der Waals surface area contributed by atoms with E-state index in [1.165, 1.54) is 30.5 Å². The van der Waals surface area contributed by atoms with Gasteiger partial charge in [0.1, 0.15) is 0 Å². The molecular weight excluding hydrogens is 334 g/mol. The standard InChI is InChI=1S/C19H19N3O4/c23-17(11-8-14-4-2-1-3-5-14)20-13-18(24)22-21-12-15-6-9-16(10-7-15)19(25)26/h1-7,9-10,12H,8,11,13H2,(H,20,23)(H,22,24)(H,25,26)/p-1. The van der Waals surface area contributed by atoms with Crippen molar-refractivity contribution in [3.63, 3.8) is 0 Å². The van der Waals surface area contributed by atoms with Crippen LogP contribution in [0, 0.1) is 0 Å². The number of aryl methyl sites for hydroxylation is 1. The highest BCUT2D eigenvalue weighted by Gasteiger charge is 2.05. The summed E-state index contributed by atoms with van der Waals surface area (Å²) in [7, 11) is 0. The zero-order valence-corrected chi connectivity index (χ0v) is 14.0. The first-order valence-electron chi connectivity index (χ1n) is 7.98. The molecule has 0 saturated heterocycles. The van der Waals surface area contributed by atoms with Crippen molar-refractivity contribution in [2.24, 2.45) is 5.10 Å². The highest BCUT2D eigenvalue weighted by atomic mass is 16.4. The van der Waals surface area contributed by atoms with Crippen LogP contribution in [0.4, 0.5) is 0 Å². The van der Waals surface area contributed by atoms with Crippen molar-refractivity contribution in [3.05, 3.63) is 71.3 Å². The molecule has 7 heteroatoms. The average Bonchev–Trinajstić information content (AvgIpc) is 2.66. The summed E-state index contributed by atoms with van der Waals surface area (Å²) < 4.78 is 0. The Morgan fingerprint density at radius 2 is 1.65 bits per heavy atom. The van der Waals surface area contributed by atoms with E-state index in [9.17, 15) is 19.5 Å². The number of aromatic carboxylic acids is 1. The normalized spacial score (nSPS) is 10.5. The molecule has 2 aromatic rings. The van der Waals surface area contributed by atoms with Crippen LogP contribution in [0.15, 0.2) is 59.7 Å². The summed E-state index contributed by atoms with van der Waals surface area (Å²) in [5, 5.41) is 16.9. The molecule has 7 nitrogen and oxygen atoms in total. The fraction of sp³-hybridized carbons (Fsp3) is 0.158. The monoisotopic (exact) mass is 352 g/mol. The van der Waals surface area contributed by atoms with E-state index in [2.05, 4.69) is 15.8 Å². The van der Waals surface area contributed by atoms with Gasteiger partial charge >= 0.3 is 0 Å². The number of carboxylic acid groups (broad SMARTS) is 1. The maximum Gasteiger partial charge on any atom is 0.259 e. The molecular formula is C19H18N3O4-. The predicted molar refractivity (Wildman–Crippen MR) is 94.3 cm³/mol. The van der Waals surface area contributed by atoms with Crippen molar-refractivity contribution in [2.75, 3.05) is 6.54 Å². The maximum atomic E-state index is 11.7. The van der Waals surface area contributed by atoms with E-state index >= 15 is 0 Å². The van der Waals surface area contributed by atoms with Crippen molar-refractivity contribution in [1.82, 2.24) is 10.7 Å². The molecule has 0 radical (unpaired) electrons.